The smallest absolute Gasteiger partial charge is 0.0634 e. The van der Waals surface area contributed by atoms with Gasteiger partial charge in [-0.25, -0.2) is 0 Å². The van der Waals surface area contributed by atoms with E-state index in [1.165, 1.54) is 25.0 Å². The lowest BCUT2D eigenvalue weighted by Crippen LogP contribution is -2.57. The van der Waals surface area contributed by atoms with Gasteiger partial charge < -0.3 is 5.32 Å². The third-order valence-corrected chi connectivity index (χ3v) is 4.58. The summed E-state index contributed by atoms with van der Waals surface area (Å²) in [5.74, 6) is 0. The van der Waals surface area contributed by atoms with Crippen LogP contribution in [-0.4, -0.2) is 36.1 Å². The lowest BCUT2D eigenvalue weighted by atomic mass is 9.72. The quantitative estimate of drug-likeness (QED) is 0.906. The Morgan fingerprint density at radius 2 is 2.00 bits per heavy atom. The molecule has 0 atom stereocenters. The molecule has 1 aliphatic carbocycles. The standard InChI is InChI=1S/C13H18BrN3/c14-11-2-3-12(16-10-11)13(4-1-5-13)17-8-6-15-7-9-17/h2-3,10,15H,1,4-9H2. The molecule has 17 heavy (non-hydrogen) atoms. The lowest BCUT2D eigenvalue weighted by Gasteiger charge is -2.51. The molecule has 0 spiro atoms. The maximum atomic E-state index is 4.64. The van der Waals surface area contributed by atoms with Crippen LogP contribution >= 0.6 is 15.9 Å². The molecule has 0 aromatic carbocycles. The minimum absolute atomic E-state index is 0.239. The van der Waals surface area contributed by atoms with Gasteiger partial charge in [0.05, 0.1) is 11.2 Å². The molecular formula is C13H18BrN3. The van der Waals surface area contributed by atoms with E-state index in [0.29, 0.717) is 0 Å². The molecule has 2 aliphatic rings. The maximum Gasteiger partial charge on any atom is 0.0634 e. The van der Waals surface area contributed by atoms with Crippen molar-refractivity contribution in [3.8, 4) is 0 Å². The normalized spacial score (nSPS) is 24.3. The monoisotopic (exact) mass is 295 g/mol. The van der Waals surface area contributed by atoms with E-state index in [4.69, 9.17) is 0 Å². The summed E-state index contributed by atoms with van der Waals surface area (Å²) in [7, 11) is 0. The summed E-state index contributed by atoms with van der Waals surface area (Å²) in [6, 6.07) is 4.30. The predicted molar refractivity (Wildman–Crippen MR) is 71.9 cm³/mol. The highest BCUT2D eigenvalue weighted by molar-refractivity contribution is 9.10. The highest BCUT2D eigenvalue weighted by Gasteiger charge is 2.45. The summed E-state index contributed by atoms with van der Waals surface area (Å²) in [4.78, 5) is 7.27. The number of halogens is 1. The van der Waals surface area contributed by atoms with E-state index in [0.717, 1.165) is 30.7 Å². The molecule has 3 nitrogen and oxygen atoms in total. The maximum absolute atomic E-state index is 4.64. The summed E-state index contributed by atoms with van der Waals surface area (Å²) < 4.78 is 1.07. The number of rotatable bonds is 2. The summed E-state index contributed by atoms with van der Waals surface area (Å²) in [5.41, 5.74) is 1.50. The van der Waals surface area contributed by atoms with Crippen molar-refractivity contribution < 1.29 is 0 Å². The van der Waals surface area contributed by atoms with Crippen LogP contribution in [0.1, 0.15) is 25.0 Å². The zero-order valence-electron chi connectivity index (χ0n) is 9.95. The van der Waals surface area contributed by atoms with Crippen molar-refractivity contribution in [1.82, 2.24) is 15.2 Å². The summed E-state index contributed by atoms with van der Waals surface area (Å²) in [6.07, 6.45) is 5.79. The molecule has 92 valence electrons. The molecule has 3 rings (SSSR count). The molecule has 0 bridgehead atoms. The van der Waals surface area contributed by atoms with Crippen LogP contribution in [0, 0.1) is 0 Å². The fraction of sp³-hybridized carbons (Fsp3) is 0.615. The van der Waals surface area contributed by atoms with E-state index in [1.54, 1.807) is 0 Å². The van der Waals surface area contributed by atoms with E-state index >= 15 is 0 Å². The SMILES string of the molecule is Brc1ccc(C2(N3CCNCC3)CCC2)nc1. The zero-order chi connectivity index (χ0) is 11.7. The summed E-state index contributed by atoms with van der Waals surface area (Å²) >= 11 is 3.46. The number of nitrogens with zero attached hydrogens (tertiary/aromatic N) is 2. The van der Waals surface area contributed by atoms with E-state index in [-0.39, 0.29) is 5.54 Å². The van der Waals surface area contributed by atoms with Gasteiger partial charge in [0.1, 0.15) is 0 Å². The Kier molecular flexibility index (Phi) is 3.19. The van der Waals surface area contributed by atoms with Gasteiger partial charge in [0, 0.05) is 36.8 Å². The van der Waals surface area contributed by atoms with Crippen LogP contribution in [-0.2, 0) is 5.54 Å². The van der Waals surface area contributed by atoms with Crippen molar-refractivity contribution >= 4 is 15.9 Å². The molecule has 1 aromatic heterocycles. The van der Waals surface area contributed by atoms with E-state index in [1.807, 2.05) is 6.20 Å². The highest BCUT2D eigenvalue weighted by atomic mass is 79.9. The summed E-state index contributed by atoms with van der Waals surface area (Å²) in [6.45, 7) is 4.52. The topological polar surface area (TPSA) is 28.2 Å². The molecule has 1 N–H and O–H groups in total. The van der Waals surface area contributed by atoms with Crippen LogP contribution < -0.4 is 5.32 Å². The second kappa shape index (κ2) is 4.67. The number of nitrogens with one attached hydrogen (secondary N) is 1. The molecule has 1 aromatic rings. The van der Waals surface area contributed by atoms with Crippen LogP contribution in [0.4, 0.5) is 0 Å². The van der Waals surface area contributed by atoms with E-state index < -0.39 is 0 Å². The second-order valence-corrected chi connectivity index (χ2v) is 5.90. The Morgan fingerprint density at radius 1 is 1.24 bits per heavy atom. The minimum atomic E-state index is 0.239. The minimum Gasteiger partial charge on any atom is -0.314 e. The number of piperazine rings is 1. The number of hydrogen-bond donors (Lipinski definition) is 1. The molecular weight excluding hydrogens is 278 g/mol. The van der Waals surface area contributed by atoms with Crippen LogP contribution in [0.2, 0.25) is 0 Å². The Bertz CT molecular complexity index is 380. The number of aromatic nitrogens is 1. The Morgan fingerprint density at radius 3 is 2.53 bits per heavy atom. The second-order valence-electron chi connectivity index (χ2n) is 4.98. The third-order valence-electron chi connectivity index (χ3n) is 4.11. The third kappa shape index (κ3) is 2.02. The Hall–Kier alpha value is -0.450. The van der Waals surface area contributed by atoms with Gasteiger partial charge in [-0.1, -0.05) is 0 Å². The first kappa shape index (κ1) is 11.6. The van der Waals surface area contributed by atoms with Crippen molar-refractivity contribution in [1.29, 1.82) is 0 Å². The van der Waals surface area contributed by atoms with Gasteiger partial charge in [-0.05, 0) is 47.3 Å². The van der Waals surface area contributed by atoms with Gasteiger partial charge in [0.2, 0.25) is 0 Å². The van der Waals surface area contributed by atoms with Gasteiger partial charge in [0.25, 0.3) is 0 Å². The largest absolute Gasteiger partial charge is 0.314 e. The van der Waals surface area contributed by atoms with E-state index in [9.17, 15) is 0 Å². The van der Waals surface area contributed by atoms with Gasteiger partial charge in [-0.3, -0.25) is 9.88 Å². The highest BCUT2D eigenvalue weighted by Crippen LogP contribution is 2.45. The first-order valence-electron chi connectivity index (χ1n) is 6.39. The zero-order valence-corrected chi connectivity index (χ0v) is 11.5. The Balaban J connectivity index is 1.87. The molecule has 1 saturated carbocycles. The van der Waals surface area contributed by atoms with Crippen LogP contribution in [0.3, 0.4) is 0 Å². The molecule has 1 saturated heterocycles. The Labute approximate surface area is 111 Å². The van der Waals surface area contributed by atoms with E-state index in [2.05, 4.69) is 43.3 Å². The summed E-state index contributed by atoms with van der Waals surface area (Å²) in [5, 5.41) is 3.43. The van der Waals surface area contributed by atoms with Crippen LogP contribution in [0.5, 0.6) is 0 Å². The molecule has 1 aliphatic heterocycles. The van der Waals surface area contributed by atoms with Gasteiger partial charge >= 0.3 is 0 Å². The molecule has 2 fully saturated rings. The van der Waals surface area contributed by atoms with Gasteiger partial charge in [-0.2, -0.15) is 0 Å². The van der Waals surface area contributed by atoms with Gasteiger partial charge in [0.15, 0.2) is 0 Å². The lowest BCUT2D eigenvalue weighted by molar-refractivity contribution is -0.000578. The fourth-order valence-electron chi connectivity index (χ4n) is 2.99. The van der Waals surface area contributed by atoms with Crippen molar-refractivity contribution in [2.45, 2.75) is 24.8 Å². The first-order chi connectivity index (χ1) is 8.31. The molecule has 0 amide bonds. The molecule has 0 radical (unpaired) electrons. The first-order valence-corrected chi connectivity index (χ1v) is 7.18. The molecule has 0 unspecified atom stereocenters. The predicted octanol–water partition coefficient (Wildman–Crippen LogP) is 2.13. The van der Waals surface area contributed by atoms with Crippen LogP contribution in [0.15, 0.2) is 22.8 Å². The van der Waals surface area contributed by atoms with Gasteiger partial charge in [-0.15, -0.1) is 0 Å². The number of hydrogen-bond acceptors (Lipinski definition) is 3. The average Bonchev–Trinajstić information content (AvgIpc) is 2.32. The van der Waals surface area contributed by atoms with Crippen molar-refractivity contribution in [3.05, 3.63) is 28.5 Å². The van der Waals surface area contributed by atoms with Crippen molar-refractivity contribution in [2.24, 2.45) is 0 Å². The molecule has 4 heteroatoms. The average molecular weight is 296 g/mol. The number of pyridine rings is 1. The van der Waals surface area contributed by atoms with Crippen LogP contribution in [0.25, 0.3) is 0 Å². The van der Waals surface area contributed by atoms with Crippen molar-refractivity contribution in [3.63, 3.8) is 0 Å². The molecule has 2 heterocycles. The van der Waals surface area contributed by atoms with Crippen molar-refractivity contribution in [2.75, 3.05) is 26.2 Å². The fourth-order valence-corrected chi connectivity index (χ4v) is 3.22.